The highest BCUT2D eigenvalue weighted by Gasteiger charge is 2.12. The number of methoxy groups -OCH3 is 1. The van der Waals surface area contributed by atoms with E-state index in [-0.39, 0.29) is 12.3 Å². The molecule has 0 spiro atoms. The van der Waals surface area contributed by atoms with Gasteiger partial charge in [0.25, 0.3) is 0 Å². The Morgan fingerprint density at radius 3 is 2.65 bits per heavy atom. The lowest BCUT2D eigenvalue weighted by atomic mass is 10.2. The molecule has 1 amide bonds. The molecule has 0 aliphatic heterocycles. The lowest BCUT2D eigenvalue weighted by Gasteiger charge is -2.17. The zero-order valence-corrected chi connectivity index (χ0v) is 12.3. The summed E-state index contributed by atoms with van der Waals surface area (Å²) in [5.41, 5.74) is 7.33. The van der Waals surface area contributed by atoms with Crippen LogP contribution in [0.2, 0.25) is 0 Å². The van der Waals surface area contributed by atoms with Crippen LogP contribution in [0.25, 0.3) is 0 Å². The first-order chi connectivity index (χ1) is 9.58. The number of benzene rings is 1. The van der Waals surface area contributed by atoms with Gasteiger partial charge in [0, 0.05) is 19.0 Å². The molecule has 20 heavy (non-hydrogen) atoms. The fourth-order valence-corrected chi connectivity index (χ4v) is 2.35. The van der Waals surface area contributed by atoms with Crippen LogP contribution >= 0.6 is 11.3 Å². The summed E-state index contributed by atoms with van der Waals surface area (Å²) in [6, 6.07) is 7.66. The van der Waals surface area contributed by atoms with Crippen LogP contribution in [0.4, 0.5) is 5.13 Å². The molecule has 2 aromatic rings. The molecule has 106 valence electrons. The Morgan fingerprint density at radius 2 is 2.10 bits per heavy atom. The van der Waals surface area contributed by atoms with Crippen molar-refractivity contribution in [3.63, 3.8) is 0 Å². The van der Waals surface area contributed by atoms with Crippen molar-refractivity contribution in [1.29, 1.82) is 0 Å². The standard InChI is InChI=1S/C14H17N3O2S/c1-17(8-10-3-5-12(19-2)6-4-10)13(18)7-11-9-20-14(15)16-11/h3-6,9H,7-8H2,1-2H3,(H2,15,16). The van der Waals surface area contributed by atoms with Crippen LogP contribution in [0.15, 0.2) is 29.6 Å². The first-order valence-electron chi connectivity index (χ1n) is 6.15. The van der Waals surface area contributed by atoms with Gasteiger partial charge >= 0.3 is 0 Å². The number of ether oxygens (including phenoxy) is 1. The fraction of sp³-hybridized carbons (Fsp3) is 0.286. The van der Waals surface area contributed by atoms with Crippen molar-refractivity contribution < 1.29 is 9.53 Å². The second kappa shape index (κ2) is 6.38. The number of carbonyl (C=O) groups is 1. The summed E-state index contributed by atoms with van der Waals surface area (Å²) in [5, 5.41) is 2.31. The summed E-state index contributed by atoms with van der Waals surface area (Å²) >= 11 is 1.35. The minimum atomic E-state index is 0.0196. The highest BCUT2D eigenvalue weighted by atomic mass is 32.1. The first kappa shape index (κ1) is 14.3. The molecule has 0 radical (unpaired) electrons. The molecule has 1 heterocycles. The smallest absolute Gasteiger partial charge is 0.228 e. The first-order valence-corrected chi connectivity index (χ1v) is 7.03. The highest BCUT2D eigenvalue weighted by Crippen LogP contribution is 2.14. The number of hydrogen-bond donors (Lipinski definition) is 1. The predicted molar refractivity (Wildman–Crippen MR) is 79.7 cm³/mol. The van der Waals surface area contributed by atoms with E-state index in [4.69, 9.17) is 10.5 Å². The molecule has 0 aliphatic rings. The Morgan fingerprint density at radius 1 is 1.40 bits per heavy atom. The lowest BCUT2D eigenvalue weighted by molar-refractivity contribution is -0.129. The molecule has 0 unspecified atom stereocenters. The number of carbonyl (C=O) groups excluding carboxylic acids is 1. The summed E-state index contributed by atoms with van der Waals surface area (Å²) in [4.78, 5) is 17.8. The Kier molecular flexibility index (Phi) is 4.57. The number of rotatable bonds is 5. The molecular formula is C14H17N3O2S. The van der Waals surface area contributed by atoms with Crippen LogP contribution in [-0.2, 0) is 17.8 Å². The summed E-state index contributed by atoms with van der Waals surface area (Å²) in [6.45, 7) is 0.558. The maximum atomic E-state index is 12.1. The SMILES string of the molecule is COc1ccc(CN(C)C(=O)Cc2csc(N)n2)cc1. The van der Waals surface area contributed by atoms with Gasteiger partial charge in [-0.05, 0) is 17.7 Å². The van der Waals surface area contributed by atoms with Gasteiger partial charge in [-0.25, -0.2) is 4.98 Å². The van der Waals surface area contributed by atoms with Crippen LogP contribution in [0, 0.1) is 0 Å². The zero-order chi connectivity index (χ0) is 14.5. The van der Waals surface area contributed by atoms with Crippen molar-refractivity contribution in [1.82, 2.24) is 9.88 Å². The van der Waals surface area contributed by atoms with Gasteiger partial charge in [0.15, 0.2) is 5.13 Å². The van der Waals surface area contributed by atoms with E-state index in [0.717, 1.165) is 17.0 Å². The number of hydrogen-bond acceptors (Lipinski definition) is 5. The van der Waals surface area contributed by atoms with Crippen molar-refractivity contribution in [3.8, 4) is 5.75 Å². The Balaban J connectivity index is 1.92. The average molecular weight is 291 g/mol. The number of nitrogens with two attached hydrogens (primary N) is 1. The second-order valence-electron chi connectivity index (χ2n) is 4.45. The van der Waals surface area contributed by atoms with E-state index in [2.05, 4.69) is 4.98 Å². The van der Waals surface area contributed by atoms with Crippen molar-refractivity contribution in [2.75, 3.05) is 19.9 Å². The van der Waals surface area contributed by atoms with Gasteiger partial charge in [0.05, 0.1) is 19.2 Å². The number of nitrogens with zero attached hydrogens (tertiary/aromatic N) is 2. The van der Waals surface area contributed by atoms with Crippen LogP contribution in [0.3, 0.4) is 0 Å². The molecule has 0 aliphatic carbocycles. The third kappa shape index (κ3) is 3.71. The minimum Gasteiger partial charge on any atom is -0.497 e. The Labute approximate surface area is 122 Å². The monoisotopic (exact) mass is 291 g/mol. The molecule has 1 aromatic carbocycles. The van der Waals surface area contributed by atoms with Crippen molar-refractivity contribution in [2.45, 2.75) is 13.0 Å². The molecule has 0 fully saturated rings. The predicted octanol–water partition coefficient (Wildman–Crippen LogP) is 1.94. The number of anilines is 1. The second-order valence-corrected chi connectivity index (χ2v) is 5.34. The van der Waals surface area contributed by atoms with Crippen LogP contribution in [-0.4, -0.2) is 29.9 Å². The minimum absolute atomic E-state index is 0.0196. The van der Waals surface area contributed by atoms with Gasteiger partial charge in [0.2, 0.25) is 5.91 Å². The highest BCUT2D eigenvalue weighted by molar-refractivity contribution is 7.13. The van der Waals surface area contributed by atoms with Gasteiger partial charge in [-0.3, -0.25) is 4.79 Å². The summed E-state index contributed by atoms with van der Waals surface area (Å²) in [7, 11) is 3.41. The van der Waals surface area contributed by atoms with Crippen LogP contribution in [0.1, 0.15) is 11.3 Å². The maximum Gasteiger partial charge on any atom is 0.228 e. The summed E-state index contributed by atoms with van der Waals surface area (Å²) in [6.07, 6.45) is 0.278. The van der Waals surface area contributed by atoms with Gasteiger partial charge in [0.1, 0.15) is 5.75 Å². The average Bonchev–Trinajstić information content (AvgIpc) is 2.85. The van der Waals surface area contributed by atoms with Crippen LogP contribution in [0.5, 0.6) is 5.75 Å². The number of aromatic nitrogens is 1. The number of thiazole rings is 1. The molecule has 0 atom stereocenters. The molecular weight excluding hydrogens is 274 g/mol. The maximum absolute atomic E-state index is 12.1. The van der Waals surface area contributed by atoms with Crippen molar-refractivity contribution in [2.24, 2.45) is 0 Å². The largest absolute Gasteiger partial charge is 0.497 e. The Bertz CT molecular complexity index is 580. The van der Waals surface area contributed by atoms with E-state index in [1.165, 1.54) is 11.3 Å². The van der Waals surface area contributed by atoms with E-state index in [9.17, 15) is 4.79 Å². The number of likely N-dealkylation sites (N-methyl/N-ethyl adjacent to an activating group) is 1. The molecule has 5 nitrogen and oxygen atoms in total. The summed E-state index contributed by atoms with van der Waals surface area (Å²) in [5.74, 6) is 0.826. The van der Waals surface area contributed by atoms with Gasteiger partial charge < -0.3 is 15.4 Å². The van der Waals surface area contributed by atoms with E-state index < -0.39 is 0 Å². The van der Waals surface area contributed by atoms with E-state index in [0.29, 0.717) is 11.7 Å². The van der Waals surface area contributed by atoms with Crippen LogP contribution < -0.4 is 10.5 Å². The van der Waals surface area contributed by atoms with E-state index in [1.54, 1.807) is 19.1 Å². The van der Waals surface area contributed by atoms with Gasteiger partial charge in [-0.2, -0.15) is 0 Å². The van der Waals surface area contributed by atoms with E-state index in [1.807, 2.05) is 29.6 Å². The molecule has 0 saturated heterocycles. The fourth-order valence-electron chi connectivity index (χ4n) is 1.79. The van der Waals surface area contributed by atoms with Gasteiger partial charge in [-0.1, -0.05) is 12.1 Å². The zero-order valence-electron chi connectivity index (χ0n) is 11.5. The van der Waals surface area contributed by atoms with Gasteiger partial charge in [-0.15, -0.1) is 11.3 Å². The summed E-state index contributed by atoms with van der Waals surface area (Å²) < 4.78 is 5.10. The molecule has 0 saturated carbocycles. The molecule has 6 heteroatoms. The number of amides is 1. The number of nitrogen functional groups attached to an aromatic ring is 1. The molecule has 0 bridgehead atoms. The molecule has 1 aromatic heterocycles. The van der Waals surface area contributed by atoms with E-state index >= 15 is 0 Å². The normalized spacial score (nSPS) is 10.3. The molecule has 2 rings (SSSR count). The third-order valence-electron chi connectivity index (χ3n) is 2.91. The topological polar surface area (TPSA) is 68.5 Å². The van der Waals surface area contributed by atoms with Crippen molar-refractivity contribution >= 4 is 22.4 Å². The van der Waals surface area contributed by atoms with Crippen molar-refractivity contribution in [3.05, 3.63) is 40.9 Å². The third-order valence-corrected chi connectivity index (χ3v) is 3.63. The molecule has 2 N–H and O–H groups in total. The Hall–Kier alpha value is -2.08. The lowest BCUT2D eigenvalue weighted by Crippen LogP contribution is -2.27. The quantitative estimate of drug-likeness (QED) is 0.914.